The van der Waals surface area contributed by atoms with Crippen LogP contribution in [0.2, 0.25) is 0 Å². The number of carbonyl (C=O) groups is 1. The van der Waals surface area contributed by atoms with Crippen LogP contribution in [-0.4, -0.2) is 27.1 Å². The number of rotatable bonds is 4. The van der Waals surface area contributed by atoms with Crippen LogP contribution in [-0.2, 0) is 10.0 Å². The molecule has 3 rings (SSSR count). The van der Waals surface area contributed by atoms with Gasteiger partial charge in [0.1, 0.15) is 16.5 Å². The Bertz CT molecular complexity index is 1020. The lowest BCUT2D eigenvalue weighted by atomic mass is 10.1. The second kappa shape index (κ2) is 6.76. The van der Waals surface area contributed by atoms with Gasteiger partial charge in [-0.3, -0.25) is 4.79 Å². The summed E-state index contributed by atoms with van der Waals surface area (Å²) < 4.78 is 34.0. The number of nitrogens with zero attached hydrogens (tertiary/aromatic N) is 1. The minimum Gasteiger partial charge on any atom is -0.497 e. The van der Waals surface area contributed by atoms with Gasteiger partial charge in [0.05, 0.1) is 7.11 Å². The molecule has 1 N–H and O–H groups in total. The number of ether oxygens (including phenoxy) is 1. The summed E-state index contributed by atoms with van der Waals surface area (Å²) in [6.07, 6.45) is 0. The molecule has 0 aromatic heterocycles. The van der Waals surface area contributed by atoms with Crippen LogP contribution >= 0.6 is 0 Å². The Balaban J connectivity index is 1.93. The van der Waals surface area contributed by atoms with Crippen LogP contribution in [0.5, 0.6) is 5.75 Å². The highest BCUT2D eigenvalue weighted by Gasteiger charge is 2.31. The van der Waals surface area contributed by atoms with Crippen molar-refractivity contribution < 1.29 is 17.9 Å². The molecule has 1 heterocycles. The normalized spacial score (nSPS) is 15.6. The number of carbonyl (C=O) groups excluding carboxylic acids is 1. The Labute approximate surface area is 152 Å². The maximum Gasteiger partial charge on any atom is 0.285 e. The zero-order valence-corrected chi connectivity index (χ0v) is 15.4. The summed E-state index contributed by atoms with van der Waals surface area (Å²) in [5.41, 5.74) is 2.32. The maximum absolute atomic E-state index is 12.5. The fourth-order valence-electron chi connectivity index (χ4n) is 2.68. The summed E-state index contributed by atoms with van der Waals surface area (Å²) in [6, 6.07) is 13.6. The van der Waals surface area contributed by atoms with Crippen molar-refractivity contribution in [3.8, 4) is 5.75 Å². The number of hydrogen-bond donors (Lipinski definition) is 1. The molecule has 0 radical (unpaired) electrons. The van der Waals surface area contributed by atoms with Crippen molar-refractivity contribution in [1.82, 2.24) is 0 Å². The van der Waals surface area contributed by atoms with Crippen LogP contribution in [0.3, 0.4) is 0 Å². The molecule has 0 saturated heterocycles. The summed E-state index contributed by atoms with van der Waals surface area (Å²) in [5.74, 6) is 0.883. The lowest BCUT2D eigenvalue weighted by Gasteiger charge is -2.08. The van der Waals surface area contributed by atoms with Gasteiger partial charge < -0.3 is 10.1 Å². The minimum absolute atomic E-state index is 0.0322. The highest BCUT2D eigenvalue weighted by Crippen LogP contribution is 2.33. The number of benzene rings is 2. The molecule has 0 bridgehead atoms. The molecule has 1 aliphatic rings. The van der Waals surface area contributed by atoms with Gasteiger partial charge in [0.2, 0.25) is 0 Å². The Morgan fingerprint density at radius 3 is 2.19 bits per heavy atom. The second-order valence-corrected chi connectivity index (χ2v) is 7.40. The molecule has 1 aliphatic heterocycles. The van der Waals surface area contributed by atoms with Crippen LogP contribution in [0.1, 0.15) is 29.8 Å². The smallest absolute Gasteiger partial charge is 0.285 e. The van der Waals surface area contributed by atoms with Gasteiger partial charge in [0.15, 0.2) is 5.78 Å². The molecule has 7 heteroatoms. The summed E-state index contributed by atoms with van der Waals surface area (Å²) >= 11 is 0. The predicted molar refractivity (Wildman–Crippen MR) is 102 cm³/mol. The van der Waals surface area contributed by atoms with E-state index < -0.39 is 10.0 Å². The average Bonchev–Trinajstić information content (AvgIpc) is 2.84. The molecule has 6 nitrogen and oxygen atoms in total. The van der Waals surface area contributed by atoms with E-state index in [-0.39, 0.29) is 16.5 Å². The molecule has 0 unspecified atom stereocenters. The van der Waals surface area contributed by atoms with Crippen molar-refractivity contribution in [1.29, 1.82) is 0 Å². The number of nitrogens with one attached hydrogen (secondary N) is 1. The number of Topliss-reactive ketones (excluding diaryl/α,β-unsaturated/α-hetero) is 1. The molecule has 0 amide bonds. The molecular formula is C19H18N2O4S. The Morgan fingerprint density at radius 1 is 1.04 bits per heavy atom. The van der Waals surface area contributed by atoms with Crippen molar-refractivity contribution in [3.05, 3.63) is 65.2 Å². The van der Waals surface area contributed by atoms with E-state index in [0.717, 1.165) is 0 Å². The van der Waals surface area contributed by atoms with Crippen LogP contribution in [0, 0.1) is 0 Å². The van der Waals surface area contributed by atoms with E-state index >= 15 is 0 Å². The molecule has 0 aliphatic carbocycles. The van der Waals surface area contributed by atoms with Crippen LogP contribution in [0.4, 0.5) is 5.69 Å². The third-order valence-corrected chi connectivity index (χ3v) is 5.55. The van der Waals surface area contributed by atoms with Gasteiger partial charge in [-0.15, -0.1) is 4.40 Å². The highest BCUT2D eigenvalue weighted by molar-refractivity contribution is 8.00. The largest absolute Gasteiger partial charge is 0.497 e. The Kier molecular flexibility index (Phi) is 4.65. The molecule has 0 atom stereocenters. The number of methoxy groups -OCH3 is 1. The van der Waals surface area contributed by atoms with Crippen molar-refractivity contribution in [2.24, 2.45) is 4.40 Å². The molecule has 26 heavy (non-hydrogen) atoms. The number of sulfonamides is 1. The van der Waals surface area contributed by atoms with Crippen molar-refractivity contribution in [2.75, 3.05) is 12.4 Å². The molecule has 2 aromatic rings. The van der Waals surface area contributed by atoms with E-state index in [9.17, 15) is 13.2 Å². The van der Waals surface area contributed by atoms with Crippen molar-refractivity contribution >= 4 is 32.2 Å². The maximum atomic E-state index is 12.5. The van der Waals surface area contributed by atoms with Gasteiger partial charge in [0, 0.05) is 16.8 Å². The van der Waals surface area contributed by atoms with E-state index in [1.807, 2.05) is 0 Å². The van der Waals surface area contributed by atoms with Crippen molar-refractivity contribution in [3.63, 3.8) is 0 Å². The van der Waals surface area contributed by atoms with Gasteiger partial charge in [-0.2, -0.15) is 8.42 Å². The van der Waals surface area contributed by atoms with E-state index in [1.165, 1.54) is 6.92 Å². The summed E-state index contributed by atoms with van der Waals surface area (Å²) in [6.45, 7) is 3.20. The molecule has 0 saturated carbocycles. The lowest BCUT2D eigenvalue weighted by molar-refractivity contribution is 0.101. The molecule has 2 aromatic carbocycles. The zero-order valence-electron chi connectivity index (χ0n) is 14.6. The van der Waals surface area contributed by atoms with Gasteiger partial charge >= 0.3 is 0 Å². The molecule has 0 fully saturated rings. The number of ketones is 1. The quantitative estimate of drug-likeness (QED) is 0.833. The van der Waals surface area contributed by atoms with E-state index in [4.69, 9.17) is 4.74 Å². The number of amidine groups is 1. The first-order chi connectivity index (χ1) is 12.3. The Hall–Kier alpha value is -2.93. The monoisotopic (exact) mass is 370 g/mol. The topological polar surface area (TPSA) is 84.8 Å². The van der Waals surface area contributed by atoms with Crippen LogP contribution < -0.4 is 10.1 Å². The fraction of sp³-hybridized carbons (Fsp3) is 0.158. The van der Waals surface area contributed by atoms with E-state index in [1.54, 1.807) is 62.6 Å². The summed E-state index contributed by atoms with van der Waals surface area (Å²) in [5, 5.41) is 3.01. The minimum atomic E-state index is -3.79. The first-order valence-corrected chi connectivity index (χ1v) is 9.34. The molecule has 134 valence electrons. The first kappa shape index (κ1) is 17.9. The summed E-state index contributed by atoms with van der Waals surface area (Å²) in [7, 11) is -2.24. The van der Waals surface area contributed by atoms with Crippen molar-refractivity contribution in [2.45, 2.75) is 13.8 Å². The Morgan fingerprint density at radius 2 is 1.65 bits per heavy atom. The highest BCUT2D eigenvalue weighted by atomic mass is 32.2. The summed E-state index contributed by atoms with van der Waals surface area (Å²) in [4.78, 5) is 11.5. The number of anilines is 1. The second-order valence-electron chi connectivity index (χ2n) is 5.86. The van der Waals surface area contributed by atoms with Gasteiger partial charge in [-0.1, -0.05) is 0 Å². The standard InChI is InChI=1S/C19H18N2O4S/c1-12-18(15-6-10-17(25-3)11-7-15)26(23,24)21-19(12)20-16-8-4-14(5-9-16)13(2)22/h4-11H,1-3H3,(H,20,21). The third-order valence-electron chi connectivity index (χ3n) is 4.07. The average molecular weight is 370 g/mol. The number of hydrogen-bond acceptors (Lipinski definition) is 5. The lowest BCUT2D eigenvalue weighted by Crippen LogP contribution is -2.11. The fourth-order valence-corrected chi connectivity index (χ4v) is 4.12. The van der Waals surface area contributed by atoms with Gasteiger partial charge in [-0.25, -0.2) is 0 Å². The molecule has 0 spiro atoms. The van der Waals surface area contributed by atoms with E-state index in [0.29, 0.717) is 28.1 Å². The van der Waals surface area contributed by atoms with Crippen LogP contribution in [0.15, 0.2) is 58.5 Å². The zero-order chi connectivity index (χ0) is 18.9. The first-order valence-electron chi connectivity index (χ1n) is 7.90. The van der Waals surface area contributed by atoms with Gasteiger partial charge in [-0.05, 0) is 67.9 Å². The van der Waals surface area contributed by atoms with Crippen LogP contribution in [0.25, 0.3) is 4.91 Å². The molecular weight excluding hydrogens is 352 g/mol. The third kappa shape index (κ3) is 3.39. The van der Waals surface area contributed by atoms with Gasteiger partial charge in [0.25, 0.3) is 10.0 Å². The SMILES string of the molecule is COc1ccc(C2=C(C)C(Nc3ccc(C(C)=O)cc3)=NS2(=O)=O)cc1. The predicted octanol–water partition coefficient (Wildman–Crippen LogP) is 3.48. The van der Waals surface area contributed by atoms with E-state index in [2.05, 4.69) is 9.71 Å².